The van der Waals surface area contributed by atoms with Gasteiger partial charge in [-0.05, 0) is 45.7 Å². The topological polar surface area (TPSA) is 64.2 Å². The third kappa shape index (κ3) is 3.12. The third-order valence-electron chi connectivity index (χ3n) is 4.25. The molecule has 2 aliphatic heterocycles. The van der Waals surface area contributed by atoms with E-state index in [4.69, 9.17) is 0 Å². The Morgan fingerprint density at radius 1 is 0.917 bits per heavy atom. The van der Waals surface area contributed by atoms with E-state index in [2.05, 4.69) is 9.80 Å². The SMILES string of the molecule is CC1=CC(=C2C(=O)N(C)C(=O)N(C)C2=O)C=C(C)N1CCN(C)C. The average Bonchev–Trinajstić information content (AvgIpc) is 2.50. The zero-order chi connectivity index (χ0) is 18.2. The van der Waals surface area contributed by atoms with Crippen molar-refractivity contribution in [2.75, 3.05) is 41.3 Å². The fraction of sp³-hybridized carbons (Fsp3) is 0.471. The Morgan fingerprint density at radius 2 is 1.38 bits per heavy atom. The number of allylic oxidation sites excluding steroid dienone is 5. The van der Waals surface area contributed by atoms with E-state index in [0.29, 0.717) is 5.57 Å². The molecule has 0 atom stereocenters. The molecule has 0 unspecified atom stereocenters. The van der Waals surface area contributed by atoms with E-state index in [1.807, 2.05) is 40.1 Å². The van der Waals surface area contributed by atoms with Crippen LogP contribution in [0.5, 0.6) is 0 Å². The molecule has 0 N–H and O–H groups in total. The van der Waals surface area contributed by atoms with Crippen molar-refractivity contribution in [1.82, 2.24) is 19.6 Å². The number of amides is 4. The summed E-state index contributed by atoms with van der Waals surface area (Å²) in [5, 5.41) is 0. The molecule has 2 heterocycles. The predicted molar refractivity (Wildman–Crippen MR) is 90.7 cm³/mol. The molecule has 0 spiro atoms. The highest BCUT2D eigenvalue weighted by atomic mass is 16.2. The molecule has 4 amide bonds. The minimum Gasteiger partial charge on any atom is -0.348 e. The van der Waals surface area contributed by atoms with Gasteiger partial charge in [0.1, 0.15) is 5.57 Å². The van der Waals surface area contributed by atoms with E-state index in [9.17, 15) is 14.4 Å². The van der Waals surface area contributed by atoms with Crippen LogP contribution < -0.4 is 0 Å². The van der Waals surface area contributed by atoms with E-state index in [0.717, 1.165) is 34.3 Å². The van der Waals surface area contributed by atoms with Gasteiger partial charge >= 0.3 is 6.03 Å². The van der Waals surface area contributed by atoms with E-state index in [1.54, 1.807) is 0 Å². The molecule has 0 saturated carbocycles. The Bertz CT molecular complexity index is 640. The van der Waals surface area contributed by atoms with E-state index < -0.39 is 17.8 Å². The number of imide groups is 2. The average molecular weight is 332 g/mol. The van der Waals surface area contributed by atoms with Crippen LogP contribution in [0.3, 0.4) is 0 Å². The van der Waals surface area contributed by atoms with Crippen molar-refractivity contribution in [3.8, 4) is 0 Å². The van der Waals surface area contributed by atoms with Gasteiger partial charge in [-0.15, -0.1) is 0 Å². The predicted octanol–water partition coefficient (Wildman–Crippen LogP) is 1.02. The molecule has 2 rings (SSSR count). The Balaban J connectivity index is 2.42. The normalized spacial score (nSPS) is 19.5. The molecular formula is C17H24N4O3. The molecular weight excluding hydrogens is 308 g/mol. The molecule has 0 aromatic carbocycles. The first kappa shape index (κ1) is 17.9. The first-order valence-electron chi connectivity index (χ1n) is 7.78. The summed E-state index contributed by atoms with van der Waals surface area (Å²) in [5.74, 6) is -1.12. The van der Waals surface area contributed by atoms with Gasteiger partial charge in [0.2, 0.25) is 0 Å². The van der Waals surface area contributed by atoms with Gasteiger partial charge in [0.15, 0.2) is 0 Å². The Kier molecular flexibility index (Phi) is 4.94. The summed E-state index contributed by atoms with van der Waals surface area (Å²) >= 11 is 0. The first-order chi connectivity index (χ1) is 11.1. The Labute approximate surface area is 142 Å². The van der Waals surface area contributed by atoms with Gasteiger partial charge in [-0.1, -0.05) is 0 Å². The Morgan fingerprint density at radius 3 is 1.79 bits per heavy atom. The first-order valence-corrected chi connectivity index (χ1v) is 7.78. The smallest absolute Gasteiger partial charge is 0.333 e. The summed E-state index contributed by atoms with van der Waals surface area (Å²) in [6, 6.07) is -0.612. The molecule has 1 fully saturated rings. The summed E-state index contributed by atoms with van der Waals surface area (Å²) < 4.78 is 0. The number of barbiturate groups is 1. The zero-order valence-corrected chi connectivity index (χ0v) is 15.1. The van der Waals surface area contributed by atoms with Crippen LogP contribution in [0.4, 0.5) is 4.79 Å². The van der Waals surface area contributed by atoms with Gasteiger partial charge in [-0.25, -0.2) is 4.79 Å². The van der Waals surface area contributed by atoms with Crippen LogP contribution in [0.1, 0.15) is 13.8 Å². The number of hydrogen-bond acceptors (Lipinski definition) is 5. The van der Waals surface area contributed by atoms with Crippen molar-refractivity contribution in [3.05, 3.63) is 34.7 Å². The van der Waals surface area contributed by atoms with Crippen molar-refractivity contribution in [2.45, 2.75) is 13.8 Å². The molecule has 7 heteroatoms. The van der Waals surface area contributed by atoms with Gasteiger partial charge in [0, 0.05) is 38.6 Å². The van der Waals surface area contributed by atoms with E-state index >= 15 is 0 Å². The third-order valence-corrected chi connectivity index (χ3v) is 4.25. The van der Waals surface area contributed by atoms with Gasteiger partial charge < -0.3 is 9.80 Å². The summed E-state index contributed by atoms with van der Waals surface area (Å²) in [7, 11) is 6.79. The summed E-state index contributed by atoms with van der Waals surface area (Å²) in [4.78, 5) is 42.9. The highest BCUT2D eigenvalue weighted by Crippen LogP contribution is 2.27. The molecule has 0 radical (unpaired) electrons. The summed E-state index contributed by atoms with van der Waals surface area (Å²) in [6.45, 7) is 5.60. The summed E-state index contributed by atoms with van der Waals surface area (Å²) in [5.41, 5.74) is 2.50. The number of rotatable bonds is 3. The second-order valence-corrected chi connectivity index (χ2v) is 6.37. The van der Waals surface area contributed by atoms with E-state index in [1.165, 1.54) is 14.1 Å². The molecule has 2 aliphatic rings. The molecule has 7 nitrogen and oxygen atoms in total. The van der Waals surface area contributed by atoms with Gasteiger partial charge in [-0.3, -0.25) is 19.4 Å². The van der Waals surface area contributed by atoms with Crippen LogP contribution in [0, 0.1) is 0 Å². The van der Waals surface area contributed by atoms with Crippen molar-refractivity contribution in [2.24, 2.45) is 0 Å². The maximum Gasteiger partial charge on any atom is 0.333 e. The molecule has 1 saturated heterocycles. The van der Waals surface area contributed by atoms with Crippen LogP contribution in [0.2, 0.25) is 0 Å². The lowest BCUT2D eigenvalue weighted by atomic mass is 9.99. The van der Waals surface area contributed by atoms with Crippen LogP contribution in [-0.4, -0.2) is 78.7 Å². The van der Waals surface area contributed by atoms with Gasteiger partial charge in [-0.2, -0.15) is 0 Å². The lowest BCUT2D eigenvalue weighted by Gasteiger charge is -2.33. The van der Waals surface area contributed by atoms with Gasteiger partial charge in [0.05, 0.1) is 0 Å². The molecule has 130 valence electrons. The fourth-order valence-electron chi connectivity index (χ4n) is 2.80. The monoisotopic (exact) mass is 332 g/mol. The quantitative estimate of drug-likeness (QED) is 0.570. The van der Waals surface area contributed by atoms with Crippen molar-refractivity contribution >= 4 is 17.8 Å². The van der Waals surface area contributed by atoms with Crippen LogP contribution >= 0.6 is 0 Å². The van der Waals surface area contributed by atoms with Crippen molar-refractivity contribution < 1.29 is 14.4 Å². The maximum absolute atomic E-state index is 12.4. The number of likely N-dealkylation sites (N-methyl/N-ethyl adjacent to an activating group) is 3. The van der Waals surface area contributed by atoms with E-state index in [-0.39, 0.29) is 5.57 Å². The standard InChI is InChI=1S/C17H24N4O3/c1-11-9-13(10-12(2)21(11)8-7-18(3)4)14-15(22)19(5)17(24)20(6)16(14)23/h9-10H,7-8H2,1-6H3. The number of carbonyl (C=O) groups is 3. The molecule has 24 heavy (non-hydrogen) atoms. The highest BCUT2D eigenvalue weighted by molar-refractivity contribution is 6.29. The second-order valence-electron chi connectivity index (χ2n) is 6.37. The van der Waals surface area contributed by atoms with Crippen LogP contribution in [0.15, 0.2) is 34.7 Å². The second kappa shape index (κ2) is 6.60. The van der Waals surface area contributed by atoms with Crippen LogP contribution in [-0.2, 0) is 9.59 Å². The van der Waals surface area contributed by atoms with Crippen molar-refractivity contribution in [3.63, 3.8) is 0 Å². The fourth-order valence-corrected chi connectivity index (χ4v) is 2.80. The lowest BCUT2D eigenvalue weighted by molar-refractivity contribution is -0.134. The Hall–Kier alpha value is -2.41. The highest BCUT2D eigenvalue weighted by Gasteiger charge is 2.39. The minimum absolute atomic E-state index is 0.0329. The molecule has 0 aliphatic carbocycles. The number of hydrogen-bond donors (Lipinski definition) is 0. The van der Waals surface area contributed by atoms with Crippen molar-refractivity contribution in [1.29, 1.82) is 0 Å². The molecule has 0 aromatic rings. The van der Waals surface area contributed by atoms with Gasteiger partial charge in [0.25, 0.3) is 11.8 Å². The molecule has 0 aromatic heterocycles. The largest absolute Gasteiger partial charge is 0.348 e. The zero-order valence-electron chi connectivity index (χ0n) is 15.1. The van der Waals surface area contributed by atoms with Crippen LogP contribution in [0.25, 0.3) is 0 Å². The molecule has 0 bridgehead atoms. The maximum atomic E-state index is 12.4. The minimum atomic E-state index is -0.612. The number of urea groups is 1. The summed E-state index contributed by atoms with van der Waals surface area (Å²) in [6.07, 6.45) is 3.65. The lowest BCUT2D eigenvalue weighted by Crippen LogP contribution is -2.53. The number of carbonyl (C=O) groups excluding carboxylic acids is 3. The number of nitrogens with zero attached hydrogens (tertiary/aromatic N) is 4.